The fourth-order valence-electron chi connectivity index (χ4n) is 0.896. The lowest BCUT2D eigenvalue weighted by Crippen LogP contribution is -1.75. The highest BCUT2D eigenvalue weighted by Crippen LogP contribution is 2.19. The molecular formula is C8H6NS. The molecule has 1 nitrogen and oxygen atoms in total. The van der Waals surface area contributed by atoms with Crippen LogP contribution in [0.25, 0.3) is 10.1 Å². The lowest BCUT2D eigenvalue weighted by molar-refractivity contribution is 1.30. The second-order valence-corrected chi connectivity index (χ2v) is 3.08. The van der Waals surface area contributed by atoms with Gasteiger partial charge in [0.25, 0.3) is 0 Å². The molecule has 10 heavy (non-hydrogen) atoms. The van der Waals surface area contributed by atoms with Crippen LogP contribution in [0.1, 0.15) is 5.69 Å². The molecule has 1 radical (unpaired) electrons. The molecule has 0 saturated heterocycles. The third-order valence-corrected chi connectivity index (χ3v) is 2.27. The molecule has 2 heterocycles. The average molecular weight is 148 g/mol. The quantitative estimate of drug-likeness (QED) is 0.559. The molecule has 0 aliphatic carbocycles. The van der Waals surface area contributed by atoms with Crippen LogP contribution in [0.2, 0.25) is 0 Å². The van der Waals surface area contributed by atoms with Crippen molar-refractivity contribution in [1.82, 2.24) is 4.98 Å². The summed E-state index contributed by atoms with van der Waals surface area (Å²) in [6.07, 6.45) is 1.86. The highest BCUT2D eigenvalue weighted by atomic mass is 32.1. The molecule has 2 rings (SSSR count). The van der Waals surface area contributed by atoms with Gasteiger partial charge in [0.1, 0.15) is 0 Å². The number of nitrogens with zero attached hydrogens (tertiary/aromatic N) is 1. The van der Waals surface area contributed by atoms with E-state index in [2.05, 4.69) is 23.4 Å². The van der Waals surface area contributed by atoms with Gasteiger partial charge in [0.2, 0.25) is 0 Å². The van der Waals surface area contributed by atoms with Crippen LogP contribution in [0.15, 0.2) is 23.7 Å². The highest BCUT2D eigenvalue weighted by molar-refractivity contribution is 7.17. The van der Waals surface area contributed by atoms with Crippen molar-refractivity contribution in [3.63, 3.8) is 0 Å². The van der Waals surface area contributed by atoms with Crippen molar-refractivity contribution in [2.75, 3.05) is 0 Å². The van der Waals surface area contributed by atoms with E-state index in [0.717, 1.165) is 5.69 Å². The lowest BCUT2D eigenvalue weighted by Gasteiger charge is -1.89. The van der Waals surface area contributed by atoms with Crippen LogP contribution in [0.5, 0.6) is 0 Å². The molecule has 0 saturated carbocycles. The average Bonchev–Trinajstić information content (AvgIpc) is 2.33. The molecule has 49 valence electrons. The van der Waals surface area contributed by atoms with Gasteiger partial charge in [-0.2, -0.15) is 0 Å². The molecule has 0 aromatic carbocycles. The fourth-order valence-corrected chi connectivity index (χ4v) is 1.72. The summed E-state index contributed by atoms with van der Waals surface area (Å²) in [6, 6.07) is 4.06. The number of aromatic nitrogens is 1. The number of rotatable bonds is 0. The first kappa shape index (κ1) is 5.86. The van der Waals surface area contributed by atoms with Gasteiger partial charge in [-0.05, 0) is 24.4 Å². The minimum atomic E-state index is 0.843. The van der Waals surface area contributed by atoms with E-state index in [1.54, 1.807) is 11.3 Å². The standard InChI is InChI=1S/C8H6NS/c1-6-4-8-7(5-9-6)2-3-10-8/h2-5H,1H2. The summed E-state index contributed by atoms with van der Waals surface area (Å²) in [5.74, 6) is 0. The van der Waals surface area contributed by atoms with E-state index < -0.39 is 0 Å². The Hall–Kier alpha value is -0.890. The molecule has 0 fully saturated rings. The summed E-state index contributed by atoms with van der Waals surface area (Å²) in [4.78, 5) is 4.08. The Morgan fingerprint density at radius 1 is 1.50 bits per heavy atom. The van der Waals surface area contributed by atoms with Gasteiger partial charge in [0.15, 0.2) is 0 Å². The molecule has 0 aliphatic rings. The molecule has 0 bridgehead atoms. The van der Waals surface area contributed by atoms with Crippen LogP contribution in [0.3, 0.4) is 0 Å². The number of fused-ring (bicyclic) bond motifs is 1. The van der Waals surface area contributed by atoms with Gasteiger partial charge >= 0.3 is 0 Å². The molecule has 0 unspecified atom stereocenters. The zero-order valence-corrected chi connectivity index (χ0v) is 6.19. The second kappa shape index (κ2) is 2.06. The smallest absolute Gasteiger partial charge is 0.0422 e. The van der Waals surface area contributed by atoms with Crippen LogP contribution in [0, 0.1) is 6.92 Å². The van der Waals surface area contributed by atoms with Crippen molar-refractivity contribution in [2.24, 2.45) is 0 Å². The summed E-state index contributed by atoms with van der Waals surface area (Å²) in [7, 11) is 0. The first-order valence-electron chi connectivity index (χ1n) is 3.01. The van der Waals surface area contributed by atoms with Gasteiger partial charge in [-0.25, -0.2) is 0 Å². The Bertz CT molecular complexity index is 351. The van der Waals surface area contributed by atoms with Crippen LogP contribution in [-0.4, -0.2) is 4.98 Å². The van der Waals surface area contributed by atoms with Gasteiger partial charge in [0.05, 0.1) is 0 Å². The molecular weight excluding hydrogens is 142 g/mol. The molecule has 0 atom stereocenters. The first-order chi connectivity index (χ1) is 4.86. The second-order valence-electron chi connectivity index (χ2n) is 2.13. The van der Waals surface area contributed by atoms with Crippen molar-refractivity contribution in [1.29, 1.82) is 0 Å². The topological polar surface area (TPSA) is 12.9 Å². The van der Waals surface area contributed by atoms with E-state index in [4.69, 9.17) is 0 Å². The minimum Gasteiger partial charge on any atom is -0.261 e. The summed E-state index contributed by atoms with van der Waals surface area (Å²) in [5.41, 5.74) is 0.843. The van der Waals surface area contributed by atoms with Gasteiger partial charge in [-0.15, -0.1) is 11.3 Å². The number of pyridine rings is 1. The Kier molecular flexibility index (Phi) is 1.21. The fraction of sp³-hybridized carbons (Fsp3) is 0. The Morgan fingerprint density at radius 2 is 2.40 bits per heavy atom. The van der Waals surface area contributed by atoms with Crippen molar-refractivity contribution in [3.05, 3.63) is 36.3 Å². The SMILES string of the molecule is [CH2]c1cc2sccc2cn1. The van der Waals surface area contributed by atoms with Crippen molar-refractivity contribution in [2.45, 2.75) is 0 Å². The molecule has 2 aromatic heterocycles. The Morgan fingerprint density at radius 3 is 3.30 bits per heavy atom. The summed E-state index contributed by atoms with van der Waals surface area (Å²) >= 11 is 1.72. The molecule has 0 amide bonds. The van der Waals surface area contributed by atoms with Gasteiger partial charge in [0, 0.05) is 22.0 Å². The maximum absolute atomic E-state index is 4.08. The van der Waals surface area contributed by atoms with Crippen LogP contribution in [0.4, 0.5) is 0 Å². The number of hydrogen-bond acceptors (Lipinski definition) is 2. The third-order valence-electron chi connectivity index (χ3n) is 1.39. The molecule has 0 N–H and O–H groups in total. The first-order valence-corrected chi connectivity index (χ1v) is 3.89. The maximum Gasteiger partial charge on any atom is 0.0422 e. The predicted molar refractivity (Wildman–Crippen MR) is 44.1 cm³/mol. The predicted octanol–water partition coefficient (Wildman–Crippen LogP) is 2.48. The van der Waals surface area contributed by atoms with Crippen molar-refractivity contribution < 1.29 is 0 Å². The van der Waals surface area contributed by atoms with E-state index in [9.17, 15) is 0 Å². The minimum absolute atomic E-state index is 0.843. The summed E-state index contributed by atoms with van der Waals surface area (Å²) < 4.78 is 1.26. The maximum atomic E-state index is 4.08. The lowest BCUT2D eigenvalue weighted by atomic mass is 10.3. The Balaban J connectivity index is 2.86. The summed E-state index contributed by atoms with van der Waals surface area (Å²) in [5, 5.41) is 3.27. The molecule has 0 spiro atoms. The highest BCUT2D eigenvalue weighted by Gasteiger charge is 1.93. The van der Waals surface area contributed by atoms with Crippen LogP contribution in [-0.2, 0) is 0 Å². The van der Waals surface area contributed by atoms with Crippen LogP contribution < -0.4 is 0 Å². The van der Waals surface area contributed by atoms with E-state index in [1.165, 1.54) is 10.1 Å². The van der Waals surface area contributed by atoms with Gasteiger partial charge < -0.3 is 0 Å². The third kappa shape index (κ3) is 0.809. The van der Waals surface area contributed by atoms with Crippen molar-refractivity contribution >= 4 is 21.4 Å². The monoisotopic (exact) mass is 148 g/mol. The van der Waals surface area contributed by atoms with E-state index >= 15 is 0 Å². The normalized spacial score (nSPS) is 10.5. The summed E-state index contributed by atoms with van der Waals surface area (Å²) in [6.45, 7) is 3.75. The van der Waals surface area contributed by atoms with E-state index in [1.807, 2.05) is 12.3 Å². The van der Waals surface area contributed by atoms with Crippen molar-refractivity contribution in [3.8, 4) is 0 Å². The van der Waals surface area contributed by atoms with Gasteiger partial charge in [-0.3, -0.25) is 4.98 Å². The van der Waals surface area contributed by atoms with Gasteiger partial charge in [-0.1, -0.05) is 0 Å². The van der Waals surface area contributed by atoms with Crippen LogP contribution >= 0.6 is 11.3 Å². The van der Waals surface area contributed by atoms with E-state index in [-0.39, 0.29) is 0 Å². The Labute approximate surface area is 63.3 Å². The molecule has 2 heteroatoms. The molecule has 0 aliphatic heterocycles. The number of thiophene rings is 1. The largest absolute Gasteiger partial charge is 0.261 e. The molecule has 2 aromatic rings. The number of hydrogen-bond donors (Lipinski definition) is 0. The van der Waals surface area contributed by atoms with E-state index in [0.29, 0.717) is 0 Å². The zero-order valence-electron chi connectivity index (χ0n) is 5.37. The zero-order chi connectivity index (χ0) is 6.97.